The zero-order valence-corrected chi connectivity index (χ0v) is 16.4. The van der Waals surface area contributed by atoms with Gasteiger partial charge in [0.2, 0.25) is 5.89 Å². The number of benzene rings is 1. The van der Waals surface area contributed by atoms with Crippen LogP contribution in [0.2, 0.25) is 0 Å². The predicted molar refractivity (Wildman–Crippen MR) is 101 cm³/mol. The van der Waals surface area contributed by atoms with Gasteiger partial charge < -0.3 is 14.7 Å². The Hall–Kier alpha value is -1.72. The summed E-state index contributed by atoms with van der Waals surface area (Å²) in [6, 6.07) is 11.0. The van der Waals surface area contributed by atoms with E-state index in [0.717, 1.165) is 18.9 Å². The summed E-state index contributed by atoms with van der Waals surface area (Å²) in [5.74, 6) is 2.22. The van der Waals surface area contributed by atoms with Crippen molar-refractivity contribution in [1.82, 2.24) is 20.4 Å². The van der Waals surface area contributed by atoms with E-state index in [0.29, 0.717) is 17.9 Å². The minimum Gasteiger partial charge on any atom is -0.338 e. The first-order valence-corrected chi connectivity index (χ1v) is 9.18. The molecular formula is C20H32N4O. The number of likely N-dealkylation sites (N-methyl/N-ethyl adjacent to an activating group) is 1. The quantitative estimate of drug-likeness (QED) is 0.745. The average Bonchev–Trinajstić information content (AvgIpc) is 3.05. The van der Waals surface area contributed by atoms with Crippen LogP contribution < -0.4 is 5.32 Å². The van der Waals surface area contributed by atoms with Crippen molar-refractivity contribution in [2.75, 3.05) is 13.6 Å². The topological polar surface area (TPSA) is 54.2 Å². The van der Waals surface area contributed by atoms with Gasteiger partial charge in [0.05, 0.1) is 6.04 Å². The molecular weight excluding hydrogens is 312 g/mol. The van der Waals surface area contributed by atoms with Crippen molar-refractivity contribution in [2.24, 2.45) is 5.92 Å². The second-order valence-electron chi connectivity index (χ2n) is 7.57. The molecule has 0 aliphatic rings. The highest BCUT2D eigenvalue weighted by Crippen LogP contribution is 2.17. The van der Waals surface area contributed by atoms with Gasteiger partial charge in [-0.3, -0.25) is 0 Å². The number of hydrogen-bond donors (Lipinski definition) is 1. The van der Waals surface area contributed by atoms with Gasteiger partial charge in [-0.05, 0) is 25.5 Å². The van der Waals surface area contributed by atoms with Gasteiger partial charge in [0.15, 0.2) is 5.82 Å². The highest BCUT2D eigenvalue weighted by atomic mass is 16.5. The number of aromatic nitrogens is 2. The normalized spacial score (nSPS) is 14.4. The van der Waals surface area contributed by atoms with Gasteiger partial charge in [0.25, 0.3) is 0 Å². The molecule has 5 heteroatoms. The zero-order valence-electron chi connectivity index (χ0n) is 16.4. The molecule has 0 fully saturated rings. The monoisotopic (exact) mass is 344 g/mol. The van der Waals surface area contributed by atoms with Crippen LogP contribution in [0.25, 0.3) is 0 Å². The molecule has 0 radical (unpaired) electrons. The molecule has 5 nitrogen and oxygen atoms in total. The molecule has 2 unspecified atom stereocenters. The minimum atomic E-state index is 0.0394. The molecule has 0 amide bonds. The zero-order chi connectivity index (χ0) is 18.4. The molecule has 0 bridgehead atoms. The van der Waals surface area contributed by atoms with E-state index in [2.05, 4.69) is 92.4 Å². The van der Waals surface area contributed by atoms with Crippen molar-refractivity contribution in [3.63, 3.8) is 0 Å². The largest absolute Gasteiger partial charge is 0.338 e. The summed E-state index contributed by atoms with van der Waals surface area (Å²) in [6.07, 6.45) is 0. The van der Waals surface area contributed by atoms with E-state index < -0.39 is 0 Å². The van der Waals surface area contributed by atoms with Gasteiger partial charge in [-0.15, -0.1) is 0 Å². The minimum absolute atomic E-state index is 0.0394. The summed E-state index contributed by atoms with van der Waals surface area (Å²) < 4.78 is 5.43. The molecule has 0 aliphatic carbocycles. The third-order valence-corrected chi connectivity index (χ3v) is 4.42. The number of nitrogens with zero attached hydrogens (tertiary/aromatic N) is 3. The second kappa shape index (κ2) is 9.11. The van der Waals surface area contributed by atoms with E-state index >= 15 is 0 Å². The average molecular weight is 345 g/mol. The maximum atomic E-state index is 5.43. The lowest BCUT2D eigenvalue weighted by Gasteiger charge is -2.29. The van der Waals surface area contributed by atoms with Crippen molar-refractivity contribution in [3.8, 4) is 0 Å². The molecule has 1 aromatic carbocycles. The van der Waals surface area contributed by atoms with Crippen LogP contribution in [0.3, 0.4) is 0 Å². The first kappa shape index (κ1) is 19.6. The lowest BCUT2D eigenvalue weighted by Crippen LogP contribution is -2.44. The molecule has 25 heavy (non-hydrogen) atoms. The number of nitrogens with one attached hydrogen (secondary N) is 1. The van der Waals surface area contributed by atoms with Crippen LogP contribution in [0.15, 0.2) is 34.9 Å². The van der Waals surface area contributed by atoms with Crippen LogP contribution in [-0.4, -0.2) is 34.7 Å². The van der Waals surface area contributed by atoms with Gasteiger partial charge in [-0.1, -0.05) is 63.2 Å². The van der Waals surface area contributed by atoms with Crippen molar-refractivity contribution in [2.45, 2.75) is 59.2 Å². The van der Waals surface area contributed by atoms with E-state index in [1.807, 2.05) is 0 Å². The summed E-state index contributed by atoms with van der Waals surface area (Å²) >= 11 is 0. The van der Waals surface area contributed by atoms with Gasteiger partial charge in [0.1, 0.15) is 0 Å². The Morgan fingerprint density at radius 3 is 2.32 bits per heavy atom. The lowest BCUT2D eigenvalue weighted by atomic mass is 10.0. The Labute approximate surface area is 151 Å². The van der Waals surface area contributed by atoms with Crippen molar-refractivity contribution >= 4 is 0 Å². The summed E-state index contributed by atoms with van der Waals surface area (Å²) in [5, 5.41) is 7.73. The Kier molecular flexibility index (Phi) is 7.14. The molecule has 2 aromatic rings. The van der Waals surface area contributed by atoms with Crippen LogP contribution in [0.4, 0.5) is 0 Å². The SMILES string of the molecule is CC(C)c1noc(C(C)NC(CN(C)Cc2ccccc2)C(C)C)n1. The van der Waals surface area contributed by atoms with Gasteiger partial charge in [-0.25, -0.2) is 0 Å². The van der Waals surface area contributed by atoms with E-state index in [1.54, 1.807) is 0 Å². The Morgan fingerprint density at radius 1 is 1.08 bits per heavy atom. The van der Waals surface area contributed by atoms with E-state index in [9.17, 15) is 0 Å². The second-order valence-corrected chi connectivity index (χ2v) is 7.57. The van der Waals surface area contributed by atoms with E-state index in [1.165, 1.54) is 5.56 Å². The summed E-state index contributed by atoms with van der Waals surface area (Å²) in [5.41, 5.74) is 1.33. The van der Waals surface area contributed by atoms with Gasteiger partial charge in [0, 0.05) is 25.0 Å². The van der Waals surface area contributed by atoms with Crippen LogP contribution in [0.1, 0.15) is 63.9 Å². The van der Waals surface area contributed by atoms with Crippen molar-refractivity contribution in [3.05, 3.63) is 47.6 Å². The number of hydrogen-bond acceptors (Lipinski definition) is 5. The molecule has 138 valence electrons. The summed E-state index contributed by atoms with van der Waals surface area (Å²) in [7, 11) is 2.16. The molecule has 0 saturated heterocycles. The molecule has 1 aromatic heterocycles. The first-order valence-electron chi connectivity index (χ1n) is 9.18. The number of rotatable bonds is 9. The Bertz CT molecular complexity index is 624. The highest BCUT2D eigenvalue weighted by Gasteiger charge is 2.22. The van der Waals surface area contributed by atoms with Crippen LogP contribution in [0.5, 0.6) is 0 Å². The van der Waals surface area contributed by atoms with Gasteiger partial charge >= 0.3 is 0 Å². The van der Waals surface area contributed by atoms with Crippen LogP contribution in [0, 0.1) is 5.92 Å². The van der Waals surface area contributed by atoms with Gasteiger partial charge in [-0.2, -0.15) is 4.98 Å². The van der Waals surface area contributed by atoms with Crippen molar-refractivity contribution in [1.29, 1.82) is 0 Å². The fourth-order valence-electron chi connectivity index (χ4n) is 2.80. The standard InChI is InChI=1S/C20H32N4O/c1-14(2)18(13-24(6)12-17-10-8-7-9-11-17)21-16(5)20-22-19(15(3)4)23-25-20/h7-11,14-16,18,21H,12-13H2,1-6H3. The molecule has 1 heterocycles. The van der Waals surface area contributed by atoms with E-state index in [4.69, 9.17) is 4.52 Å². The fraction of sp³-hybridized carbons (Fsp3) is 0.600. The van der Waals surface area contributed by atoms with Crippen molar-refractivity contribution < 1.29 is 4.52 Å². The smallest absolute Gasteiger partial charge is 0.243 e. The third kappa shape index (κ3) is 5.94. The summed E-state index contributed by atoms with van der Waals surface area (Å²) in [6.45, 7) is 12.6. The molecule has 0 spiro atoms. The maximum Gasteiger partial charge on any atom is 0.243 e. The van der Waals surface area contributed by atoms with E-state index in [-0.39, 0.29) is 12.0 Å². The lowest BCUT2D eigenvalue weighted by molar-refractivity contribution is 0.225. The maximum absolute atomic E-state index is 5.43. The fourth-order valence-corrected chi connectivity index (χ4v) is 2.80. The Balaban J connectivity index is 1.95. The first-order chi connectivity index (χ1) is 11.9. The van der Waals surface area contributed by atoms with Crippen LogP contribution in [-0.2, 0) is 6.54 Å². The molecule has 2 atom stereocenters. The third-order valence-electron chi connectivity index (χ3n) is 4.42. The highest BCUT2D eigenvalue weighted by molar-refractivity contribution is 5.14. The molecule has 2 rings (SSSR count). The predicted octanol–water partition coefficient (Wildman–Crippen LogP) is 4.00. The molecule has 0 aliphatic heterocycles. The Morgan fingerprint density at radius 2 is 1.76 bits per heavy atom. The molecule has 0 saturated carbocycles. The summed E-state index contributed by atoms with van der Waals surface area (Å²) in [4.78, 5) is 6.87. The van der Waals surface area contributed by atoms with Crippen LogP contribution >= 0.6 is 0 Å². The molecule has 1 N–H and O–H groups in total.